The third-order valence-electron chi connectivity index (χ3n) is 2.95. The van der Waals surface area contributed by atoms with Crippen molar-refractivity contribution in [1.82, 2.24) is 19.7 Å². The van der Waals surface area contributed by atoms with E-state index in [1.807, 2.05) is 25.1 Å². The molecule has 0 radical (unpaired) electrons. The molecule has 0 aliphatic rings. The maximum Gasteiger partial charge on any atom is 0.236 e. The van der Waals surface area contributed by atoms with Crippen LogP contribution in [0.2, 0.25) is 0 Å². The SMILES string of the molecule is Cc1nc(SCc2ccccc2)c2nn(C)c(O)c2n1. The Balaban J connectivity index is 1.97. The maximum absolute atomic E-state index is 9.93. The molecule has 0 aliphatic carbocycles. The Hall–Kier alpha value is -2.08. The molecular formula is C14H14N4OS. The molecule has 0 saturated carbocycles. The van der Waals surface area contributed by atoms with Gasteiger partial charge < -0.3 is 5.11 Å². The van der Waals surface area contributed by atoms with Gasteiger partial charge in [-0.2, -0.15) is 5.10 Å². The number of nitrogens with zero attached hydrogens (tertiary/aromatic N) is 4. The Kier molecular flexibility index (Phi) is 3.31. The highest BCUT2D eigenvalue weighted by molar-refractivity contribution is 7.98. The Morgan fingerprint density at radius 3 is 2.65 bits per heavy atom. The first-order valence-corrected chi connectivity index (χ1v) is 7.21. The number of aromatic hydroxyl groups is 1. The van der Waals surface area contributed by atoms with Crippen LogP contribution in [0.5, 0.6) is 5.88 Å². The molecular weight excluding hydrogens is 272 g/mol. The second-order valence-electron chi connectivity index (χ2n) is 4.49. The molecule has 0 bridgehead atoms. The van der Waals surface area contributed by atoms with Crippen LogP contribution in [0.15, 0.2) is 35.4 Å². The average molecular weight is 286 g/mol. The number of aromatic nitrogens is 4. The number of hydrogen-bond acceptors (Lipinski definition) is 5. The summed E-state index contributed by atoms with van der Waals surface area (Å²) in [6.45, 7) is 1.82. The van der Waals surface area contributed by atoms with Crippen LogP contribution in [0, 0.1) is 6.92 Å². The Labute approximate surface area is 120 Å². The first kappa shape index (κ1) is 12.9. The second-order valence-corrected chi connectivity index (χ2v) is 5.46. The Bertz CT molecular complexity index is 755. The number of rotatable bonds is 3. The highest BCUT2D eigenvalue weighted by atomic mass is 32.2. The predicted octanol–water partition coefficient (Wildman–Crippen LogP) is 2.67. The van der Waals surface area contributed by atoms with Gasteiger partial charge in [0.1, 0.15) is 16.4 Å². The normalized spacial score (nSPS) is 11.1. The molecule has 1 N–H and O–H groups in total. The van der Waals surface area contributed by atoms with Crippen molar-refractivity contribution in [2.75, 3.05) is 0 Å². The molecule has 2 heterocycles. The quantitative estimate of drug-likeness (QED) is 0.592. The molecule has 2 aromatic heterocycles. The number of benzene rings is 1. The number of fused-ring (bicyclic) bond motifs is 1. The highest BCUT2D eigenvalue weighted by Gasteiger charge is 2.15. The first-order chi connectivity index (χ1) is 9.65. The minimum atomic E-state index is 0.0760. The molecule has 0 saturated heterocycles. The zero-order valence-corrected chi connectivity index (χ0v) is 12.1. The molecule has 3 rings (SSSR count). The second kappa shape index (κ2) is 5.13. The largest absolute Gasteiger partial charge is 0.492 e. The third-order valence-corrected chi connectivity index (χ3v) is 3.99. The molecule has 1 aromatic carbocycles. The van der Waals surface area contributed by atoms with Gasteiger partial charge in [0.15, 0.2) is 5.52 Å². The van der Waals surface area contributed by atoms with Crippen LogP contribution in [-0.2, 0) is 12.8 Å². The Morgan fingerprint density at radius 1 is 1.15 bits per heavy atom. The molecule has 0 amide bonds. The summed E-state index contributed by atoms with van der Waals surface area (Å²) in [5.74, 6) is 1.52. The third kappa shape index (κ3) is 2.34. The summed E-state index contributed by atoms with van der Waals surface area (Å²) in [4.78, 5) is 8.69. The minimum absolute atomic E-state index is 0.0760. The molecule has 0 aliphatic heterocycles. The highest BCUT2D eigenvalue weighted by Crippen LogP contribution is 2.30. The van der Waals surface area contributed by atoms with Gasteiger partial charge in [0.05, 0.1) is 0 Å². The van der Waals surface area contributed by atoms with Crippen LogP contribution < -0.4 is 0 Å². The van der Waals surface area contributed by atoms with Gasteiger partial charge in [0, 0.05) is 12.8 Å². The van der Waals surface area contributed by atoms with Gasteiger partial charge in [0.25, 0.3) is 0 Å². The number of hydrogen-bond donors (Lipinski definition) is 1. The molecule has 3 aromatic rings. The standard InChI is InChI=1S/C14H14N4OS/c1-9-15-12-11(17-18(2)14(12)19)13(16-9)20-8-10-6-4-3-5-7-10/h3-7,19H,8H2,1-2H3. The predicted molar refractivity (Wildman–Crippen MR) is 78.7 cm³/mol. The summed E-state index contributed by atoms with van der Waals surface area (Å²) in [5.41, 5.74) is 2.38. The molecule has 20 heavy (non-hydrogen) atoms. The van der Waals surface area contributed by atoms with Gasteiger partial charge in [-0.1, -0.05) is 42.1 Å². The van der Waals surface area contributed by atoms with E-state index < -0.39 is 0 Å². The van der Waals surface area contributed by atoms with Crippen LogP contribution in [0.4, 0.5) is 0 Å². The molecule has 0 fully saturated rings. The fraction of sp³-hybridized carbons (Fsp3) is 0.214. The number of thioether (sulfide) groups is 1. The smallest absolute Gasteiger partial charge is 0.236 e. The van der Waals surface area contributed by atoms with Gasteiger partial charge in [-0.15, -0.1) is 0 Å². The fourth-order valence-electron chi connectivity index (χ4n) is 1.96. The van der Waals surface area contributed by atoms with E-state index in [2.05, 4.69) is 27.2 Å². The van der Waals surface area contributed by atoms with Crippen molar-refractivity contribution in [3.8, 4) is 5.88 Å². The molecule has 5 nitrogen and oxygen atoms in total. The van der Waals surface area contributed by atoms with Crippen molar-refractivity contribution in [3.63, 3.8) is 0 Å². The fourth-order valence-corrected chi connectivity index (χ4v) is 2.93. The van der Waals surface area contributed by atoms with E-state index in [1.54, 1.807) is 18.8 Å². The minimum Gasteiger partial charge on any atom is -0.492 e. The molecule has 0 atom stereocenters. The van der Waals surface area contributed by atoms with Crippen molar-refractivity contribution in [2.45, 2.75) is 17.7 Å². The van der Waals surface area contributed by atoms with E-state index in [0.717, 1.165) is 10.8 Å². The van der Waals surface area contributed by atoms with E-state index >= 15 is 0 Å². The maximum atomic E-state index is 9.93. The van der Waals surface area contributed by atoms with Gasteiger partial charge >= 0.3 is 0 Å². The molecule has 0 spiro atoms. The molecule has 102 valence electrons. The Morgan fingerprint density at radius 2 is 1.90 bits per heavy atom. The zero-order chi connectivity index (χ0) is 14.1. The lowest BCUT2D eigenvalue weighted by atomic mass is 10.2. The molecule has 0 unspecified atom stereocenters. The average Bonchev–Trinajstić information content (AvgIpc) is 2.74. The molecule has 6 heteroatoms. The van der Waals surface area contributed by atoms with Crippen LogP contribution in [0.25, 0.3) is 11.0 Å². The topological polar surface area (TPSA) is 63.8 Å². The summed E-state index contributed by atoms with van der Waals surface area (Å²) in [6, 6.07) is 10.2. The summed E-state index contributed by atoms with van der Waals surface area (Å²) >= 11 is 1.60. The van der Waals surface area contributed by atoms with Crippen molar-refractivity contribution in [3.05, 3.63) is 41.7 Å². The van der Waals surface area contributed by atoms with Crippen LogP contribution >= 0.6 is 11.8 Å². The van der Waals surface area contributed by atoms with Crippen LogP contribution in [0.1, 0.15) is 11.4 Å². The summed E-state index contributed by atoms with van der Waals surface area (Å²) in [6.07, 6.45) is 0. The summed E-state index contributed by atoms with van der Waals surface area (Å²) in [7, 11) is 1.69. The van der Waals surface area contributed by atoms with Crippen molar-refractivity contribution < 1.29 is 5.11 Å². The zero-order valence-electron chi connectivity index (χ0n) is 11.2. The number of aryl methyl sites for hydroxylation is 2. The van der Waals surface area contributed by atoms with Crippen molar-refractivity contribution in [1.29, 1.82) is 0 Å². The lowest BCUT2D eigenvalue weighted by molar-refractivity contribution is 0.423. The lowest BCUT2D eigenvalue weighted by Gasteiger charge is -2.03. The lowest BCUT2D eigenvalue weighted by Crippen LogP contribution is -1.92. The monoisotopic (exact) mass is 286 g/mol. The van der Waals surface area contributed by atoms with Gasteiger partial charge in [-0.3, -0.25) is 0 Å². The summed E-state index contributed by atoms with van der Waals surface area (Å²) in [5, 5.41) is 15.0. The van der Waals surface area contributed by atoms with Gasteiger partial charge in [-0.05, 0) is 12.5 Å². The van der Waals surface area contributed by atoms with Crippen molar-refractivity contribution >= 4 is 22.8 Å². The van der Waals surface area contributed by atoms with E-state index in [-0.39, 0.29) is 5.88 Å². The van der Waals surface area contributed by atoms with Crippen molar-refractivity contribution in [2.24, 2.45) is 7.05 Å². The van der Waals surface area contributed by atoms with E-state index in [1.165, 1.54) is 10.2 Å². The van der Waals surface area contributed by atoms with E-state index in [0.29, 0.717) is 16.9 Å². The van der Waals surface area contributed by atoms with Gasteiger partial charge in [-0.25, -0.2) is 14.6 Å². The van der Waals surface area contributed by atoms with Crippen LogP contribution in [0.3, 0.4) is 0 Å². The van der Waals surface area contributed by atoms with Crippen LogP contribution in [-0.4, -0.2) is 24.9 Å². The summed E-state index contributed by atoms with van der Waals surface area (Å²) < 4.78 is 1.42. The first-order valence-electron chi connectivity index (χ1n) is 6.22. The van der Waals surface area contributed by atoms with E-state index in [9.17, 15) is 5.11 Å². The van der Waals surface area contributed by atoms with Gasteiger partial charge in [0.2, 0.25) is 5.88 Å². The van der Waals surface area contributed by atoms with E-state index in [4.69, 9.17) is 0 Å².